The molecule has 0 saturated carbocycles. The van der Waals surface area contributed by atoms with Crippen molar-refractivity contribution in [1.82, 2.24) is 15.2 Å². The molecule has 7 nitrogen and oxygen atoms in total. The van der Waals surface area contributed by atoms with Crippen LogP contribution in [0, 0.1) is 5.92 Å². The van der Waals surface area contributed by atoms with Crippen LogP contribution < -0.4 is 10.2 Å². The van der Waals surface area contributed by atoms with E-state index in [2.05, 4.69) is 15.2 Å². The number of carbonyl (C=O) groups is 2. The molecule has 4 fully saturated rings. The van der Waals surface area contributed by atoms with E-state index in [1.54, 1.807) is 17.2 Å². The molecule has 4 saturated heterocycles. The van der Waals surface area contributed by atoms with Crippen molar-refractivity contribution in [2.75, 3.05) is 31.1 Å². The van der Waals surface area contributed by atoms with Gasteiger partial charge in [-0.15, -0.1) is 0 Å². The van der Waals surface area contributed by atoms with Gasteiger partial charge in [-0.3, -0.25) is 19.5 Å². The van der Waals surface area contributed by atoms with Crippen molar-refractivity contribution in [2.24, 2.45) is 5.92 Å². The second-order valence-electron chi connectivity index (χ2n) is 7.91. The van der Waals surface area contributed by atoms with E-state index in [0.717, 1.165) is 50.7 Å². The van der Waals surface area contributed by atoms with Crippen LogP contribution in [-0.2, 0) is 4.79 Å². The number of pyridine rings is 1. The monoisotopic (exact) mass is 368 g/mol. The molecule has 0 aliphatic carbocycles. The Hall–Kier alpha value is -2.41. The number of aromatic nitrogens is 1. The molecule has 6 rings (SSSR count). The molecule has 0 spiro atoms. The standard InChI is InChI=1S/C20H24N4O3/c25-18-3-1-2-6-24(18)19-9-14-11-21-15(10-17(14)27-19)20(26)22-16-12-23-7-4-13(16)5-8-23/h9-11,13,16H,1-8,12H2,(H,22,26). The Balaban J connectivity index is 1.34. The third-order valence-electron chi connectivity index (χ3n) is 6.18. The molecule has 1 atom stereocenters. The summed E-state index contributed by atoms with van der Waals surface area (Å²) in [7, 11) is 0. The van der Waals surface area contributed by atoms with Gasteiger partial charge in [0.15, 0.2) is 0 Å². The highest BCUT2D eigenvalue weighted by Crippen LogP contribution is 2.30. The van der Waals surface area contributed by atoms with Gasteiger partial charge in [0, 0.05) is 49.3 Å². The Morgan fingerprint density at radius 1 is 1.19 bits per heavy atom. The summed E-state index contributed by atoms with van der Waals surface area (Å²) in [5.41, 5.74) is 0.960. The third-order valence-corrected chi connectivity index (χ3v) is 6.18. The zero-order chi connectivity index (χ0) is 18.4. The lowest BCUT2D eigenvalue weighted by Gasteiger charge is -2.44. The topological polar surface area (TPSA) is 78.7 Å². The van der Waals surface area contributed by atoms with Crippen LogP contribution in [0.2, 0.25) is 0 Å². The second-order valence-corrected chi connectivity index (χ2v) is 7.91. The molecular formula is C20H24N4O3. The Labute approximate surface area is 157 Å². The predicted molar refractivity (Wildman–Crippen MR) is 101 cm³/mol. The van der Waals surface area contributed by atoms with Gasteiger partial charge in [-0.25, -0.2) is 0 Å². The van der Waals surface area contributed by atoms with Gasteiger partial charge in [0.2, 0.25) is 11.8 Å². The molecule has 0 radical (unpaired) electrons. The van der Waals surface area contributed by atoms with Crippen LogP contribution in [-0.4, -0.2) is 53.9 Å². The number of hydrogen-bond acceptors (Lipinski definition) is 5. The van der Waals surface area contributed by atoms with E-state index >= 15 is 0 Å². The van der Waals surface area contributed by atoms with Gasteiger partial charge in [0.1, 0.15) is 11.3 Å². The minimum Gasteiger partial charge on any atom is -0.440 e. The number of fused-ring (bicyclic) bond motifs is 4. The first-order valence-electron chi connectivity index (χ1n) is 9.90. The lowest BCUT2D eigenvalue weighted by Crippen LogP contribution is -2.57. The van der Waals surface area contributed by atoms with Gasteiger partial charge in [-0.05, 0) is 44.7 Å². The number of amides is 2. The molecule has 1 N–H and O–H groups in total. The summed E-state index contributed by atoms with van der Waals surface area (Å²) in [6.07, 6.45) is 6.44. The molecule has 142 valence electrons. The van der Waals surface area contributed by atoms with E-state index in [0.29, 0.717) is 36.0 Å². The first-order valence-corrected chi connectivity index (χ1v) is 9.90. The largest absolute Gasteiger partial charge is 0.440 e. The van der Waals surface area contributed by atoms with Crippen LogP contribution in [0.4, 0.5) is 5.88 Å². The van der Waals surface area contributed by atoms with E-state index < -0.39 is 0 Å². The molecule has 7 heteroatoms. The summed E-state index contributed by atoms with van der Waals surface area (Å²) in [5, 5.41) is 3.97. The fourth-order valence-corrected chi connectivity index (χ4v) is 4.59. The maximum atomic E-state index is 12.7. The van der Waals surface area contributed by atoms with Crippen LogP contribution in [0.3, 0.4) is 0 Å². The Morgan fingerprint density at radius 3 is 2.78 bits per heavy atom. The normalized spacial score (nSPS) is 27.9. The minimum absolute atomic E-state index is 0.0913. The molecule has 2 bridgehead atoms. The average molecular weight is 368 g/mol. The second kappa shape index (κ2) is 6.64. The third kappa shape index (κ3) is 3.10. The van der Waals surface area contributed by atoms with Crippen molar-refractivity contribution in [1.29, 1.82) is 0 Å². The molecule has 2 aromatic rings. The Morgan fingerprint density at radius 2 is 2.04 bits per heavy atom. The van der Waals surface area contributed by atoms with E-state index in [4.69, 9.17) is 4.42 Å². The SMILES string of the molecule is O=C(NC1CN2CCC1CC2)c1cc2oc(N3CCCCC3=O)cc2cn1. The highest BCUT2D eigenvalue weighted by Gasteiger charge is 2.35. The number of rotatable bonds is 3. The number of nitrogens with one attached hydrogen (secondary N) is 1. The molecule has 2 amide bonds. The van der Waals surface area contributed by atoms with Crippen LogP contribution in [0.5, 0.6) is 0 Å². The number of carbonyl (C=O) groups excluding carboxylic acids is 2. The van der Waals surface area contributed by atoms with E-state index in [1.807, 2.05) is 6.07 Å². The number of anilines is 1. The Kier molecular flexibility index (Phi) is 4.11. The highest BCUT2D eigenvalue weighted by atomic mass is 16.4. The minimum atomic E-state index is -0.150. The molecule has 1 unspecified atom stereocenters. The molecule has 2 aromatic heterocycles. The van der Waals surface area contributed by atoms with Crippen molar-refractivity contribution < 1.29 is 14.0 Å². The number of nitrogens with zero attached hydrogens (tertiary/aromatic N) is 3. The van der Waals surface area contributed by atoms with Crippen molar-refractivity contribution in [3.05, 3.63) is 24.0 Å². The van der Waals surface area contributed by atoms with Crippen LogP contribution in [0.15, 0.2) is 22.7 Å². The smallest absolute Gasteiger partial charge is 0.270 e. The van der Waals surface area contributed by atoms with Gasteiger partial charge in [0.05, 0.1) is 0 Å². The van der Waals surface area contributed by atoms with E-state index in [9.17, 15) is 9.59 Å². The quantitative estimate of drug-likeness (QED) is 0.898. The maximum absolute atomic E-state index is 12.7. The van der Waals surface area contributed by atoms with Crippen LogP contribution in [0.25, 0.3) is 11.0 Å². The molecule has 4 aliphatic rings. The van der Waals surface area contributed by atoms with Crippen LogP contribution >= 0.6 is 0 Å². The molecule has 27 heavy (non-hydrogen) atoms. The lowest BCUT2D eigenvalue weighted by atomic mass is 9.84. The van der Waals surface area contributed by atoms with Gasteiger partial charge in [-0.2, -0.15) is 0 Å². The first kappa shape index (κ1) is 16.7. The summed E-state index contributed by atoms with van der Waals surface area (Å²) < 4.78 is 5.88. The van der Waals surface area contributed by atoms with Crippen molar-refractivity contribution >= 4 is 28.7 Å². The van der Waals surface area contributed by atoms with E-state index in [1.165, 1.54) is 0 Å². The molecule has 0 aromatic carbocycles. The van der Waals surface area contributed by atoms with Gasteiger partial charge >= 0.3 is 0 Å². The van der Waals surface area contributed by atoms with Crippen molar-refractivity contribution in [3.8, 4) is 0 Å². The number of hydrogen-bond donors (Lipinski definition) is 1. The summed E-state index contributed by atoms with van der Waals surface area (Å²) >= 11 is 0. The summed E-state index contributed by atoms with van der Waals surface area (Å²) in [4.78, 5) is 33.2. The van der Waals surface area contributed by atoms with Gasteiger partial charge in [0.25, 0.3) is 5.91 Å². The highest BCUT2D eigenvalue weighted by molar-refractivity contribution is 5.98. The zero-order valence-electron chi connectivity index (χ0n) is 15.3. The summed E-state index contributed by atoms with van der Waals surface area (Å²) in [6, 6.07) is 3.72. The zero-order valence-corrected chi connectivity index (χ0v) is 15.3. The fourth-order valence-electron chi connectivity index (χ4n) is 4.59. The van der Waals surface area contributed by atoms with E-state index in [-0.39, 0.29) is 17.9 Å². The summed E-state index contributed by atoms with van der Waals surface area (Å²) in [5.74, 6) is 1.06. The van der Waals surface area contributed by atoms with Crippen molar-refractivity contribution in [2.45, 2.75) is 38.1 Å². The van der Waals surface area contributed by atoms with Gasteiger partial charge < -0.3 is 14.6 Å². The molecule has 6 heterocycles. The number of furan rings is 1. The molecular weight excluding hydrogens is 344 g/mol. The predicted octanol–water partition coefficient (Wildman–Crippen LogP) is 2.17. The van der Waals surface area contributed by atoms with Crippen LogP contribution in [0.1, 0.15) is 42.6 Å². The first-order chi connectivity index (χ1) is 13.2. The summed E-state index contributed by atoms with van der Waals surface area (Å²) in [6.45, 7) is 3.90. The Bertz CT molecular complexity index is 884. The lowest BCUT2D eigenvalue weighted by molar-refractivity contribution is -0.119. The fraction of sp³-hybridized carbons (Fsp3) is 0.550. The number of piperidine rings is 4. The maximum Gasteiger partial charge on any atom is 0.270 e. The molecule has 4 aliphatic heterocycles. The van der Waals surface area contributed by atoms with Gasteiger partial charge in [-0.1, -0.05) is 0 Å². The van der Waals surface area contributed by atoms with Crippen molar-refractivity contribution in [3.63, 3.8) is 0 Å². The average Bonchev–Trinajstić information content (AvgIpc) is 3.12.